The lowest BCUT2D eigenvalue weighted by Gasteiger charge is -2.13. The lowest BCUT2D eigenvalue weighted by molar-refractivity contribution is -0.386. The number of ether oxygens (including phenoxy) is 2. The van der Waals surface area contributed by atoms with E-state index >= 15 is 0 Å². The third kappa shape index (κ3) is 5.19. The molecule has 1 heterocycles. The predicted molar refractivity (Wildman–Crippen MR) is 121 cm³/mol. The second-order valence-corrected chi connectivity index (χ2v) is 7.74. The molecular weight excluding hydrogens is 434 g/mol. The van der Waals surface area contributed by atoms with Gasteiger partial charge < -0.3 is 15.2 Å². The zero-order chi connectivity index (χ0) is 23.3. The Hall–Kier alpha value is -3.99. The van der Waals surface area contributed by atoms with Crippen LogP contribution in [-0.2, 0) is 6.61 Å². The zero-order valence-electron chi connectivity index (χ0n) is 17.6. The number of nitro benzene ring substituents is 1. The largest absolute Gasteiger partial charge is 0.493 e. The van der Waals surface area contributed by atoms with Crippen LogP contribution >= 0.6 is 11.3 Å². The van der Waals surface area contributed by atoms with Gasteiger partial charge in [0.15, 0.2) is 10.9 Å². The van der Waals surface area contributed by atoms with Crippen LogP contribution in [0.15, 0.2) is 41.5 Å². The van der Waals surface area contributed by atoms with Gasteiger partial charge in [0.1, 0.15) is 11.5 Å². The molecule has 0 unspecified atom stereocenters. The highest BCUT2D eigenvalue weighted by molar-refractivity contribution is 7.17. The average molecular weight is 455 g/mol. The van der Waals surface area contributed by atoms with E-state index < -0.39 is 10.8 Å². The van der Waals surface area contributed by atoms with Gasteiger partial charge in [-0.2, -0.15) is 5.10 Å². The molecule has 3 rings (SSSR count). The predicted octanol–water partition coefficient (Wildman–Crippen LogP) is 3.60. The summed E-state index contributed by atoms with van der Waals surface area (Å²) in [5.41, 5.74) is 10.4. The third-order valence-electron chi connectivity index (χ3n) is 4.51. The number of thiazole rings is 1. The number of carbonyl (C=O) groups is 1. The number of hydrogen-bond acceptors (Lipinski definition) is 9. The molecule has 0 bridgehead atoms. The highest BCUT2D eigenvalue weighted by Crippen LogP contribution is 2.38. The number of aryl methyl sites for hydroxylation is 2. The van der Waals surface area contributed by atoms with Gasteiger partial charge in [0.2, 0.25) is 5.75 Å². The number of nitrogens with one attached hydrogen (secondary N) is 1. The number of carbonyl (C=O) groups excluding carboxylic acids is 1. The SMILES string of the molecule is COc1cc(/C=N\NC(=O)c2sc(N)nc2C)cc([N+](=O)[O-])c1OCc1ccccc1C. The van der Waals surface area contributed by atoms with Crippen molar-refractivity contribution in [2.75, 3.05) is 12.8 Å². The molecule has 0 radical (unpaired) electrons. The maximum absolute atomic E-state index is 12.2. The van der Waals surface area contributed by atoms with E-state index in [0.29, 0.717) is 16.1 Å². The molecule has 0 spiro atoms. The normalized spacial score (nSPS) is 10.8. The van der Waals surface area contributed by atoms with Crippen molar-refractivity contribution in [1.29, 1.82) is 0 Å². The summed E-state index contributed by atoms with van der Waals surface area (Å²) >= 11 is 1.04. The van der Waals surface area contributed by atoms with Gasteiger partial charge in [-0.05, 0) is 31.0 Å². The summed E-state index contributed by atoms with van der Waals surface area (Å²) in [6, 6.07) is 10.4. The molecule has 10 nitrogen and oxygen atoms in total. The number of nitrogens with zero attached hydrogens (tertiary/aromatic N) is 3. The first-order valence-electron chi connectivity index (χ1n) is 9.40. The van der Waals surface area contributed by atoms with E-state index in [1.807, 2.05) is 31.2 Å². The van der Waals surface area contributed by atoms with Gasteiger partial charge in [0.05, 0.1) is 23.9 Å². The molecule has 0 aliphatic carbocycles. The fourth-order valence-electron chi connectivity index (χ4n) is 2.88. The standard InChI is InChI=1S/C21H21N5O5S/c1-12-6-4-5-7-15(12)11-31-18-16(26(28)29)8-14(9-17(18)30-3)10-23-25-20(27)19-13(2)24-21(22)32-19/h4-10H,11H2,1-3H3,(H2,22,24)(H,25,27)/b23-10-. The van der Waals surface area contributed by atoms with E-state index in [-0.39, 0.29) is 28.9 Å². The summed E-state index contributed by atoms with van der Waals surface area (Å²) < 4.78 is 11.1. The molecule has 11 heteroatoms. The summed E-state index contributed by atoms with van der Waals surface area (Å²) in [5.74, 6) is -0.295. The van der Waals surface area contributed by atoms with Crippen LogP contribution in [0.25, 0.3) is 0 Å². The van der Waals surface area contributed by atoms with Crippen LogP contribution in [0.4, 0.5) is 10.8 Å². The van der Waals surface area contributed by atoms with Gasteiger partial charge >= 0.3 is 5.69 Å². The molecule has 0 saturated heterocycles. The molecule has 32 heavy (non-hydrogen) atoms. The first-order chi connectivity index (χ1) is 15.3. The second-order valence-electron chi connectivity index (χ2n) is 6.71. The first kappa shape index (κ1) is 22.7. The summed E-state index contributed by atoms with van der Waals surface area (Å²) in [6.45, 7) is 3.74. The van der Waals surface area contributed by atoms with Crippen LogP contribution in [-0.4, -0.2) is 29.1 Å². The highest BCUT2D eigenvalue weighted by atomic mass is 32.1. The van der Waals surface area contributed by atoms with Crippen molar-refractivity contribution >= 4 is 34.3 Å². The Morgan fingerprint density at radius 2 is 2.09 bits per heavy atom. The molecule has 0 aliphatic heterocycles. The monoisotopic (exact) mass is 455 g/mol. The fraction of sp³-hybridized carbons (Fsp3) is 0.190. The average Bonchev–Trinajstić information content (AvgIpc) is 3.10. The van der Waals surface area contributed by atoms with Crippen LogP contribution in [0.3, 0.4) is 0 Å². The number of nitrogens with two attached hydrogens (primary N) is 1. The fourth-order valence-corrected chi connectivity index (χ4v) is 3.60. The first-order valence-corrected chi connectivity index (χ1v) is 10.2. The van der Waals surface area contributed by atoms with E-state index in [9.17, 15) is 14.9 Å². The molecule has 0 saturated carbocycles. The second kappa shape index (κ2) is 9.88. The number of anilines is 1. The van der Waals surface area contributed by atoms with Gasteiger partial charge in [-0.25, -0.2) is 10.4 Å². The maximum Gasteiger partial charge on any atom is 0.315 e. The third-order valence-corrected chi connectivity index (χ3v) is 5.49. The van der Waals surface area contributed by atoms with Gasteiger partial charge in [0.25, 0.3) is 5.91 Å². The number of benzene rings is 2. The van der Waals surface area contributed by atoms with Crippen molar-refractivity contribution in [3.8, 4) is 11.5 Å². The Labute approximate surface area is 187 Å². The lowest BCUT2D eigenvalue weighted by Crippen LogP contribution is -2.17. The number of rotatable bonds is 8. The molecule has 0 aliphatic rings. The van der Waals surface area contributed by atoms with Crippen molar-refractivity contribution in [2.45, 2.75) is 20.5 Å². The van der Waals surface area contributed by atoms with Crippen molar-refractivity contribution < 1.29 is 19.2 Å². The van der Waals surface area contributed by atoms with Crippen molar-refractivity contribution in [1.82, 2.24) is 10.4 Å². The summed E-state index contributed by atoms with van der Waals surface area (Å²) in [6.07, 6.45) is 1.28. The smallest absolute Gasteiger partial charge is 0.315 e. The van der Waals surface area contributed by atoms with Crippen molar-refractivity contribution in [3.05, 3.63) is 73.8 Å². The number of hydrazone groups is 1. The van der Waals surface area contributed by atoms with E-state index in [1.54, 1.807) is 6.92 Å². The van der Waals surface area contributed by atoms with Crippen LogP contribution in [0, 0.1) is 24.0 Å². The van der Waals surface area contributed by atoms with E-state index in [4.69, 9.17) is 15.2 Å². The topological polar surface area (TPSA) is 142 Å². The van der Waals surface area contributed by atoms with E-state index in [2.05, 4.69) is 15.5 Å². The minimum atomic E-state index is -0.560. The molecule has 166 valence electrons. The molecule has 3 N–H and O–H groups in total. The number of methoxy groups -OCH3 is 1. The highest BCUT2D eigenvalue weighted by Gasteiger charge is 2.22. The van der Waals surface area contributed by atoms with E-state index in [1.165, 1.54) is 25.5 Å². The van der Waals surface area contributed by atoms with Crippen LogP contribution in [0.2, 0.25) is 0 Å². The zero-order valence-corrected chi connectivity index (χ0v) is 18.4. The minimum absolute atomic E-state index is 0.0118. The summed E-state index contributed by atoms with van der Waals surface area (Å²) in [4.78, 5) is 27.6. The number of aromatic nitrogens is 1. The van der Waals surface area contributed by atoms with Crippen molar-refractivity contribution in [3.63, 3.8) is 0 Å². The van der Waals surface area contributed by atoms with Crippen LogP contribution < -0.4 is 20.6 Å². The van der Waals surface area contributed by atoms with Gasteiger partial charge in [0, 0.05) is 11.6 Å². The molecule has 3 aromatic rings. The molecule has 1 amide bonds. The lowest BCUT2D eigenvalue weighted by atomic mass is 10.1. The Bertz CT molecular complexity index is 1190. The number of nitrogen functional groups attached to an aromatic ring is 1. The van der Waals surface area contributed by atoms with Crippen LogP contribution in [0.5, 0.6) is 11.5 Å². The molecule has 1 aromatic heterocycles. The number of hydrogen-bond donors (Lipinski definition) is 2. The molecule has 2 aromatic carbocycles. The Kier molecular flexibility index (Phi) is 7.00. The number of amides is 1. The Morgan fingerprint density at radius 1 is 1.34 bits per heavy atom. The van der Waals surface area contributed by atoms with Gasteiger partial charge in [-0.3, -0.25) is 14.9 Å². The summed E-state index contributed by atoms with van der Waals surface area (Å²) in [5, 5.41) is 15.8. The number of nitro groups is 1. The van der Waals surface area contributed by atoms with Gasteiger partial charge in [-0.15, -0.1) is 0 Å². The van der Waals surface area contributed by atoms with Crippen molar-refractivity contribution in [2.24, 2.45) is 5.10 Å². The Balaban J connectivity index is 1.82. The Morgan fingerprint density at radius 3 is 2.72 bits per heavy atom. The molecule has 0 atom stereocenters. The van der Waals surface area contributed by atoms with Gasteiger partial charge in [-0.1, -0.05) is 35.6 Å². The molecule has 0 fully saturated rings. The quantitative estimate of drug-likeness (QED) is 0.300. The van der Waals surface area contributed by atoms with E-state index in [0.717, 1.165) is 22.5 Å². The maximum atomic E-state index is 12.2. The summed E-state index contributed by atoms with van der Waals surface area (Å²) in [7, 11) is 1.39. The molecular formula is C21H21N5O5S. The minimum Gasteiger partial charge on any atom is -0.493 e. The van der Waals surface area contributed by atoms with Crippen LogP contribution in [0.1, 0.15) is 32.1 Å².